The number of benzene rings is 2. The van der Waals surface area contributed by atoms with E-state index in [4.69, 9.17) is 0 Å². The first-order valence-corrected chi connectivity index (χ1v) is 7.05. The Morgan fingerprint density at radius 2 is 1.71 bits per heavy atom. The van der Waals surface area contributed by atoms with Crippen molar-refractivity contribution in [2.75, 3.05) is 0 Å². The molecule has 0 aromatic heterocycles. The van der Waals surface area contributed by atoms with Crippen LogP contribution in [0.2, 0.25) is 0 Å². The van der Waals surface area contributed by atoms with Crippen molar-refractivity contribution in [2.45, 2.75) is 26.2 Å². The second-order valence-corrected chi connectivity index (χ2v) is 4.90. The van der Waals surface area contributed by atoms with Crippen molar-refractivity contribution in [3.05, 3.63) is 59.7 Å². The molecule has 0 radical (unpaired) electrons. The molecule has 0 amide bonds. The van der Waals surface area contributed by atoms with Crippen LogP contribution in [0.15, 0.2) is 48.5 Å². The topological polar surface area (TPSA) is 54.4 Å². The number of carbonyl (C=O) groups is 2. The first kappa shape index (κ1) is 15.0. The normalized spacial score (nSPS) is 10.3. The summed E-state index contributed by atoms with van der Waals surface area (Å²) < 4.78 is 0. The van der Waals surface area contributed by atoms with Crippen LogP contribution in [0.4, 0.5) is 0 Å². The maximum Gasteiger partial charge on any atom is 0.336 e. The van der Waals surface area contributed by atoms with Gasteiger partial charge in [0.2, 0.25) is 0 Å². The molecular formula is C18H18O3. The average molecular weight is 282 g/mol. The van der Waals surface area contributed by atoms with Gasteiger partial charge in [0.05, 0.1) is 5.56 Å². The minimum absolute atomic E-state index is 0.149. The number of hydrogen-bond donors (Lipinski definition) is 1. The van der Waals surface area contributed by atoms with Crippen molar-refractivity contribution in [2.24, 2.45) is 0 Å². The lowest BCUT2D eigenvalue weighted by Gasteiger charge is -2.11. The minimum Gasteiger partial charge on any atom is -0.478 e. The highest BCUT2D eigenvalue weighted by molar-refractivity contribution is 5.97. The molecule has 0 saturated heterocycles. The molecule has 2 aromatic rings. The van der Waals surface area contributed by atoms with Crippen LogP contribution in [-0.2, 0) is 11.2 Å². The van der Waals surface area contributed by atoms with E-state index in [0.29, 0.717) is 36.0 Å². The molecule has 0 bridgehead atoms. The van der Waals surface area contributed by atoms with Gasteiger partial charge in [0.25, 0.3) is 0 Å². The summed E-state index contributed by atoms with van der Waals surface area (Å²) in [6.45, 7) is 1.82. The van der Waals surface area contributed by atoms with Crippen LogP contribution in [-0.4, -0.2) is 16.9 Å². The molecule has 0 aliphatic rings. The molecule has 0 heterocycles. The monoisotopic (exact) mass is 282 g/mol. The van der Waals surface area contributed by atoms with Crippen LogP contribution in [0.5, 0.6) is 0 Å². The summed E-state index contributed by atoms with van der Waals surface area (Å²) in [7, 11) is 0. The summed E-state index contributed by atoms with van der Waals surface area (Å²) in [5, 5.41) is 9.55. The van der Waals surface area contributed by atoms with Gasteiger partial charge >= 0.3 is 5.97 Å². The van der Waals surface area contributed by atoms with Crippen molar-refractivity contribution in [1.82, 2.24) is 0 Å². The van der Waals surface area contributed by atoms with Crippen molar-refractivity contribution in [1.29, 1.82) is 0 Å². The molecule has 0 saturated carbocycles. The van der Waals surface area contributed by atoms with Gasteiger partial charge in [0.1, 0.15) is 5.78 Å². The van der Waals surface area contributed by atoms with Gasteiger partial charge < -0.3 is 5.11 Å². The van der Waals surface area contributed by atoms with E-state index in [-0.39, 0.29) is 5.78 Å². The zero-order valence-corrected chi connectivity index (χ0v) is 12.0. The molecule has 0 spiro atoms. The summed E-state index contributed by atoms with van der Waals surface area (Å²) in [6, 6.07) is 14.9. The van der Waals surface area contributed by atoms with Crippen LogP contribution in [0.1, 0.15) is 35.7 Å². The van der Waals surface area contributed by atoms with Gasteiger partial charge in [-0.15, -0.1) is 0 Å². The highest BCUT2D eigenvalue weighted by Gasteiger charge is 2.16. The first-order valence-electron chi connectivity index (χ1n) is 7.05. The maximum absolute atomic E-state index is 11.6. The lowest BCUT2D eigenvalue weighted by molar-refractivity contribution is -0.118. The van der Waals surface area contributed by atoms with E-state index in [1.54, 1.807) is 6.07 Å². The van der Waals surface area contributed by atoms with Crippen LogP contribution < -0.4 is 0 Å². The number of rotatable bonds is 6. The van der Waals surface area contributed by atoms with Gasteiger partial charge in [-0.1, -0.05) is 55.5 Å². The summed E-state index contributed by atoms with van der Waals surface area (Å²) in [6.07, 6.45) is 1.34. The molecule has 0 aliphatic heterocycles. The average Bonchev–Trinajstić information content (AvgIpc) is 2.52. The fourth-order valence-corrected chi connectivity index (χ4v) is 2.37. The van der Waals surface area contributed by atoms with E-state index >= 15 is 0 Å². The number of Topliss-reactive ketones (excluding diaryl/α,β-unsaturated/α-hetero) is 1. The highest BCUT2D eigenvalue weighted by atomic mass is 16.4. The number of aryl methyl sites for hydroxylation is 1. The molecule has 3 heteroatoms. The fourth-order valence-electron chi connectivity index (χ4n) is 2.37. The second-order valence-electron chi connectivity index (χ2n) is 4.90. The fraction of sp³-hybridized carbons (Fsp3) is 0.222. The Balaban J connectivity index is 2.43. The quantitative estimate of drug-likeness (QED) is 0.872. The van der Waals surface area contributed by atoms with Crippen molar-refractivity contribution in [3.8, 4) is 11.1 Å². The van der Waals surface area contributed by atoms with E-state index in [9.17, 15) is 14.7 Å². The summed E-state index contributed by atoms with van der Waals surface area (Å²) >= 11 is 0. The van der Waals surface area contributed by atoms with Crippen molar-refractivity contribution < 1.29 is 14.7 Å². The van der Waals surface area contributed by atoms with Crippen molar-refractivity contribution in [3.63, 3.8) is 0 Å². The smallest absolute Gasteiger partial charge is 0.336 e. The maximum atomic E-state index is 11.6. The molecule has 0 unspecified atom stereocenters. The lowest BCUT2D eigenvalue weighted by atomic mass is 9.92. The highest BCUT2D eigenvalue weighted by Crippen LogP contribution is 2.27. The Morgan fingerprint density at radius 3 is 2.33 bits per heavy atom. The Hall–Kier alpha value is -2.42. The van der Waals surface area contributed by atoms with Crippen LogP contribution in [0.3, 0.4) is 0 Å². The molecular weight excluding hydrogens is 264 g/mol. The molecule has 0 fully saturated rings. The predicted molar refractivity (Wildman–Crippen MR) is 82.5 cm³/mol. The largest absolute Gasteiger partial charge is 0.478 e. The second kappa shape index (κ2) is 6.84. The van der Waals surface area contributed by atoms with Gasteiger partial charge in [0, 0.05) is 12.8 Å². The summed E-state index contributed by atoms with van der Waals surface area (Å²) in [4.78, 5) is 23.1. The zero-order chi connectivity index (χ0) is 15.2. The zero-order valence-electron chi connectivity index (χ0n) is 12.0. The van der Waals surface area contributed by atoms with Gasteiger partial charge in [-0.25, -0.2) is 4.79 Å². The number of carboxylic acids is 1. The van der Waals surface area contributed by atoms with Crippen LogP contribution in [0, 0.1) is 0 Å². The Kier molecular flexibility index (Phi) is 4.88. The van der Waals surface area contributed by atoms with E-state index < -0.39 is 5.97 Å². The molecule has 0 atom stereocenters. The van der Waals surface area contributed by atoms with Crippen LogP contribution >= 0.6 is 0 Å². The Morgan fingerprint density at radius 1 is 1.00 bits per heavy atom. The third kappa shape index (κ3) is 3.57. The van der Waals surface area contributed by atoms with Gasteiger partial charge in [-0.05, 0) is 23.1 Å². The summed E-state index contributed by atoms with van der Waals surface area (Å²) in [5.41, 5.74) is 2.58. The van der Waals surface area contributed by atoms with E-state index in [2.05, 4.69) is 0 Å². The standard InChI is InChI=1S/C18H18O3/c1-2-15(19)12-11-14-9-6-10-16(17(14)18(20)21)13-7-4-3-5-8-13/h3-10H,2,11-12H2,1H3,(H,20,21). The van der Waals surface area contributed by atoms with Crippen LogP contribution in [0.25, 0.3) is 11.1 Å². The van der Waals surface area contributed by atoms with Gasteiger partial charge in [0.15, 0.2) is 0 Å². The van der Waals surface area contributed by atoms with E-state index in [0.717, 1.165) is 5.56 Å². The van der Waals surface area contributed by atoms with Gasteiger partial charge in [-0.3, -0.25) is 4.79 Å². The third-order valence-corrected chi connectivity index (χ3v) is 3.52. The predicted octanol–water partition coefficient (Wildman–Crippen LogP) is 3.96. The summed E-state index contributed by atoms with van der Waals surface area (Å²) in [5.74, 6) is -0.801. The SMILES string of the molecule is CCC(=O)CCc1cccc(-c2ccccc2)c1C(=O)O. The third-order valence-electron chi connectivity index (χ3n) is 3.52. The molecule has 2 rings (SSSR count). The number of ketones is 1. The first-order chi connectivity index (χ1) is 10.1. The van der Waals surface area contributed by atoms with E-state index in [1.807, 2.05) is 49.4 Å². The molecule has 108 valence electrons. The van der Waals surface area contributed by atoms with Gasteiger partial charge in [-0.2, -0.15) is 0 Å². The molecule has 21 heavy (non-hydrogen) atoms. The minimum atomic E-state index is -0.951. The number of carbonyl (C=O) groups excluding carboxylic acids is 1. The molecule has 2 aromatic carbocycles. The number of carboxylic acid groups (broad SMARTS) is 1. The molecule has 3 nitrogen and oxygen atoms in total. The molecule has 1 N–H and O–H groups in total. The number of hydrogen-bond acceptors (Lipinski definition) is 2. The lowest BCUT2D eigenvalue weighted by Crippen LogP contribution is -2.07. The Labute approximate surface area is 124 Å². The molecule has 0 aliphatic carbocycles. The van der Waals surface area contributed by atoms with Crippen molar-refractivity contribution >= 4 is 11.8 Å². The Bertz CT molecular complexity index is 645. The number of aromatic carboxylic acids is 1. The van der Waals surface area contributed by atoms with E-state index in [1.165, 1.54) is 0 Å².